The SMILES string of the molecule is CCCCSCc1ccc(/C=C/C(=O)O)cc1F. The number of carboxylic acids is 1. The molecule has 0 radical (unpaired) electrons. The molecule has 0 aromatic heterocycles. The molecule has 0 unspecified atom stereocenters. The van der Waals surface area contributed by atoms with Crippen LogP contribution in [-0.4, -0.2) is 16.8 Å². The summed E-state index contributed by atoms with van der Waals surface area (Å²) in [6.07, 6.45) is 4.68. The molecule has 1 N–H and O–H groups in total. The van der Waals surface area contributed by atoms with E-state index in [4.69, 9.17) is 5.11 Å². The van der Waals surface area contributed by atoms with Gasteiger partial charge in [-0.15, -0.1) is 0 Å². The number of benzene rings is 1. The summed E-state index contributed by atoms with van der Waals surface area (Å²) < 4.78 is 13.7. The number of hydrogen-bond donors (Lipinski definition) is 1. The number of thioether (sulfide) groups is 1. The maximum absolute atomic E-state index is 13.7. The summed E-state index contributed by atoms with van der Waals surface area (Å²) in [6, 6.07) is 4.82. The number of rotatable bonds is 7. The third-order valence-electron chi connectivity index (χ3n) is 2.40. The van der Waals surface area contributed by atoms with Crippen molar-refractivity contribution in [2.45, 2.75) is 25.5 Å². The fourth-order valence-corrected chi connectivity index (χ4v) is 2.47. The van der Waals surface area contributed by atoms with Crippen molar-refractivity contribution in [3.05, 3.63) is 41.2 Å². The second-order valence-corrected chi connectivity index (χ2v) is 5.03. The van der Waals surface area contributed by atoms with Crippen LogP contribution in [0.25, 0.3) is 6.08 Å². The molecule has 0 fully saturated rings. The van der Waals surface area contributed by atoms with E-state index in [0.717, 1.165) is 24.7 Å². The van der Waals surface area contributed by atoms with E-state index in [1.807, 2.05) is 0 Å². The molecule has 1 aromatic rings. The van der Waals surface area contributed by atoms with Crippen LogP contribution in [0.5, 0.6) is 0 Å². The van der Waals surface area contributed by atoms with Crippen LogP contribution in [0.3, 0.4) is 0 Å². The van der Waals surface area contributed by atoms with Gasteiger partial charge in [0.15, 0.2) is 0 Å². The van der Waals surface area contributed by atoms with Crippen molar-refractivity contribution in [3.8, 4) is 0 Å². The van der Waals surface area contributed by atoms with Crippen LogP contribution in [-0.2, 0) is 10.5 Å². The Hall–Kier alpha value is -1.29. The van der Waals surface area contributed by atoms with Gasteiger partial charge in [-0.2, -0.15) is 11.8 Å². The Kier molecular flexibility index (Phi) is 6.50. The molecule has 0 aliphatic rings. The predicted molar refractivity (Wildman–Crippen MR) is 74.1 cm³/mol. The van der Waals surface area contributed by atoms with E-state index in [1.165, 1.54) is 12.1 Å². The van der Waals surface area contributed by atoms with Crippen LogP contribution in [0.15, 0.2) is 24.3 Å². The molecule has 0 aliphatic carbocycles. The zero-order valence-electron chi connectivity index (χ0n) is 10.4. The van der Waals surface area contributed by atoms with Gasteiger partial charge < -0.3 is 5.11 Å². The van der Waals surface area contributed by atoms with Crippen LogP contribution in [0.4, 0.5) is 4.39 Å². The van der Waals surface area contributed by atoms with E-state index >= 15 is 0 Å². The normalized spacial score (nSPS) is 11.0. The lowest BCUT2D eigenvalue weighted by Crippen LogP contribution is -1.91. The van der Waals surface area contributed by atoms with Crippen LogP contribution in [0.2, 0.25) is 0 Å². The first-order chi connectivity index (χ1) is 8.63. The third-order valence-corrected chi connectivity index (χ3v) is 3.49. The predicted octanol–water partition coefficient (Wildman–Crippen LogP) is 3.96. The summed E-state index contributed by atoms with van der Waals surface area (Å²) in [6.45, 7) is 2.13. The summed E-state index contributed by atoms with van der Waals surface area (Å²) in [5.74, 6) is 0.395. The van der Waals surface area contributed by atoms with Gasteiger partial charge in [0.05, 0.1) is 0 Å². The van der Waals surface area contributed by atoms with E-state index in [1.54, 1.807) is 23.9 Å². The molecule has 2 nitrogen and oxygen atoms in total. The molecule has 0 atom stereocenters. The Morgan fingerprint density at radius 2 is 2.28 bits per heavy atom. The molecule has 1 rings (SSSR count). The lowest BCUT2D eigenvalue weighted by molar-refractivity contribution is -0.131. The van der Waals surface area contributed by atoms with Crippen molar-refractivity contribution in [1.82, 2.24) is 0 Å². The van der Waals surface area contributed by atoms with Crippen LogP contribution in [0.1, 0.15) is 30.9 Å². The number of aliphatic carboxylic acids is 1. The average molecular weight is 268 g/mol. The number of carboxylic acid groups (broad SMARTS) is 1. The molecule has 0 spiro atoms. The van der Waals surface area contributed by atoms with Gasteiger partial charge in [-0.3, -0.25) is 0 Å². The third kappa shape index (κ3) is 5.36. The highest BCUT2D eigenvalue weighted by Crippen LogP contribution is 2.18. The van der Waals surface area contributed by atoms with E-state index in [9.17, 15) is 9.18 Å². The molecule has 0 heterocycles. The van der Waals surface area contributed by atoms with Gasteiger partial charge in [0.2, 0.25) is 0 Å². The smallest absolute Gasteiger partial charge is 0.328 e. The minimum absolute atomic E-state index is 0.272. The van der Waals surface area contributed by atoms with Crippen LogP contribution < -0.4 is 0 Å². The van der Waals surface area contributed by atoms with Gasteiger partial charge in [0.25, 0.3) is 0 Å². The Morgan fingerprint density at radius 1 is 1.50 bits per heavy atom. The maximum Gasteiger partial charge on any atom is 0.328 e. The van der Waals surface area contributed by atoms with Gasteiger partial charge in [0, 0.05) is 11.8 Å². The van der Waals surface area contributed by atoms with E-state index < -0.39 is 5.97 Å². The molecule has 0 bridgehead atoms. The molecule has 0 saturated heterocycles. The Labute approximate surface area is 111 Å². The highest BCUT2D eigenvalue weighted by atomic mass is 32.2. The Balaban J connectivity index is 2.59. The highest BCUT2D eigenvalue weighted by Gasteiger charge is 2.02. The fourth-order valence-electron chi connectivity index (χ4n) is 1.38. The molecule has 0 aliphatic heterocycles. The lowest BCUT2D eigenvalue weighted by Gasteiger charge is -2.04. The number of halogens is 1. The second kappa shape index (κ2) is 7.93. The lowest BCUT2D eigenvalue weighted by atomic mass is 10.1. The maximum atomic E-state index is 13.7. The minimum Gasteiger partial charge on any atom is -0.478 e. The molecule has 0 saturated carbocycles. The minimum atomic E-state index is -1.03. The van der Waals surface area contributed by atoms with Gasteiger partial charge in [-0.25, -0.2) is 9.18 Å². The van der Waals surface area contributed by atoms with Gasteiger partial charge in [-0.1, -0.05) is 25.5 Å². The van der Waals surface area contributed by atoms with Crippen molar-refractivity contribution in [1.29, 1.82) is 0 Å². The summed E-state index contributed by atoms with van der Waals surface area (Å²) >= 11 is 1.72. The molecule has 1 aromatic carbocycles. The van der Waals surface area contributed by atoms with E-state index in [-0.39, 0.29) is 5.82 Å². The largest absolute Gasteiger partial charge is 0.478 e. The topological polar surface area (TPSA) is 37.3 Å². The molecular weight excluding hydrogens is 251 g/mol. The molecule has 18 heavy (non-hydrogen) atoms. The summed E-state index contributed by atoms with van der Waals surface area (Å²) in [4.78, 5) is 10.3. The molecular formula is C14H17FO2S. The van der Waals surface area contributed by atoms with E-state index in [2.05, 4.69) is 6.92 Å². The summed E-state index contributed by atoms with van der Waals surface area (Å²) in [5, 5.41) is 8.48. The summed E-state index contributed by atoms with van der Waals surface area (Å²) in [5.41, 5.74) is 1.24. The van der Waals surface area contributed by atoms with Crippen LogP contribution >= 0.6 is 11.8 Å². The van der Waals surface area contributed by atoms with Crippen LogP contribution in [0, 0.1) is 5.82 Å². The van der Waals surface area contributed by atoms with Crippen molar-refractivity contribution in [2.75, 3.05) is 5.75 Å². The van der Waals surface area contributed by atoms with Crippen molar-refractivity contribution < 1.29 is 14.3 Å². The standard InChI is InChI=1S/C14H17FO2S/c1-2-3-8-18-10-12-6-4-11(9-13(12)15)5-7-14(16)17/h4-7,9H,2-3,8,10H2,1H3,(H,16,17)/b7-5+. The number of unbranched alkanes of at least 4 members (excludes halogenated alkanes) is 1. The first kappa shape index (κ1) is 14.8. The summed E-state index contributed by atoms with van der Waals surface area (Å²) in [7, 11) is 0. The number of carbonyl (C=O) groups is 1. The average Bonchev–Trinajstić information content (AvgIpc) is 2.34. The van der Waals surface area contributed by atoms with Crippen molar-refractivity contribution in [2.24, 2.45) is 0 Å². The Bertz CT molecular complexity index is 430. The van der Waals surface area contributed by atoms with Gasteiger partial charge >= 0.3 is 5.97 Å². The van der Waals surface area contributed by atoms with Gasteiger partial charge in [0.1, 0.15) is 5.82 Å². The van der Waals surface area contributed by atoms with Gasteiger partial charge in [-0.05, 0) is 35.4 Å². The van der Waals surface area contributed by atoms with Crippen molar-refractivity contribution >= 4 is 23.8 Å². The monoisotopic (exact) mass is 268 g/mol. The Morgan fingerprint density at radius 3 is 2.89 bits per heavy atom. The van der Waals surface area contributed by atoms with Crippen molar-refractivity contribution in [3.63, 3.8) is 0 Å². The quantitative estimate of drug-likeness (QED) is 0.601. The molecule has 4 heteroatoms. The zero-order valence-corrected chi connectivity index (χ0v) is 11.2. The zero-order chi connectivity index (χ0) is 13.4. The van der Waals surface area contributed by atoms with E-state index in [0.29, 0.717) is 16.9 Å². The highest BCUT2D eigenvalue weighted by molar-refractivity contribution is 7.98. The molecule has 98 valence electrons. The number of hydrogen-bond acceptors (Lipinski definition) is 2. The first-order valence-corrected chi connectivity index (χ1v) is 7.06. The second-order valence-electron chi connectivity index (χ2n) is 3.93. The first-order valence-electron chi connectivity index (χ1n) is 5.90. The fraction of sp³-hybridized carbons (Fsp3) is 0.357. The molecule has 0 amide bonds.